The third-order valence-electron chi connectivity index (χ3n) is 3.02. The van der Waals surface area contributed by atoms with E-state index in [4.69, 9.17) is 5.26 Å². The molecule has 0 aromatic heterocycles. The first kappa shape index (κ1) is 14.5. The van der Waals surface area contributed by atoms with Crippen molar-refractivity contribution >= 4 is 11.6 Å². The first-order valence-corrected chi connectivity index (χ1v) is 6.38. The predicted molar refractivity (Wildman–Crippen MR) is 78.3 cm³/mol. The van der Waals surface area contributed by atoms with Crippen molar-refractivity contribution in [1.29, 1.82) is 5.26 Å². The molecule has 0 spiro atoms. The van der Waals surface area contributed by atoms with Gasteiger partial charge < -0.3 is 10.6 Å². The van der Waals surface area contributed by atoms with Crippen LogP contribution in [-0.2, 0) is 6.54 Å². The third-order valence-corrected chi connectivity index (χ3v) is 3.02. The van der Waals surface area contributed by atoms with Crippen LogP contribution in [0.5, 0.6) is 0 Å². The molecule has 0 aliphatic heterocycles. The predicted octanol–water partition coefficient (Wildman–Crippen LogP) is 2.67. The molecule has 5 heteroatoms. The summed E-state index contributed by atoms with van der Waals surface area (Å²) in [6, 6.07) is 13.2. The van der Waals surface area contributed by atoms with Crippen molar-refractivity contribution in [3.63, 3.8) is 0 Å². The quantitative estimate of drug-likeness (QED) is 0.906. The summed E-state index contributed by atoms with van der Waals surface area (Å²) < 4.78 is 13.7. The SMILES string of the molecule is CNC(=O)c1ccc(CNc2ccc(C#N)cc2F)cc1. The zero-order valence-corrected chi connectivity index (χ0v) is 11.5. The van der Waals surface area contributed by atoms with E-state index in [1.165, 1.54) is 12.1 Å². The minimum absolute atomic E-state index is 0.146. The Hall–Kier alpha value is -2.87. The largest absolute Gasteiger partial charge is 0.379 e. The van der Waals surface area contributed by atoms with Gasteiger partial charge in [0.15, 0.2) is 0 Å². The second kappa shape index (κ2) is 6.53. The number of carbonyl (C=O) groups excluding carboxylic acids is 1. The maximum atomic E-state index is 13.7. The Morgan fingerprint density at radius 2 is 1.95 bits per heavy atom. The van der Waals surface area contributed by atoms with Crippen molar-refractivity contribution in [3.05, 3.63) is 65.0 Å². The molecule has 0 atom stereocenters. The highest BCUT2D eigenvalue weighted by Crippen LogP contribution is 2.16. The van der Waals surface area contributed by atoms with Crippen molar-refractivity contribution in [2.24, 2.45) is 0 Å². The van der Waals surface area contributed by atoms with E-state index in [9.17, 15) is 9.18 Å². The maximum absolute atomic E-state index is 13.7. The Labute approximate surface area is 122 Å². The normalized spacial score (nSPS) is 9.76. The van der Waals surface area contributed by atoms with Gasteiger partial charge in [0.25, 0.3) is 5.91 Å². The topological polar surface area (TPSA) is 64.9 Å². The van der Waals surface area contributed by atoms with E-state index < -0.39 is 5.82 Å². The summed E-state index contributed by atoms with van der Waals surface area (Å²) in [4.78, 5) is 11.4. The van der Waals surface area contributed by atoms with Crippen molar-refractivity contribution in [2.45, 2.75) is 6.54 Å². The molecule has 2 N–H and O–H groups in total. The minimum atomic E-state index is -0.462. The molecule has 0 saturated heterocycles. The van der Waals surface area contributed by atoms with Crippen LogP contribution in [0.25, 0.3) is 0 Å². The van der Waals surface area contributed by atoms with E-state index in [1.807, 2.05) is 6.07 Å². The molecular weight excluding hydrogens is 269 g/mol. The van der Waals surface area contributed by atoms with Crippen LogP contribution in [0.2, 0.25) is 0 Å². The molecule has 21 heavy (non-hydrogen) atoms. The zero-order chi connectivity index (χ0) is 15.2. The molecular formula is C16H14FN3O. The highest BCUT2D eigenvalue weighted by Gasteiger charge is 2.05. The smallest absolute Gasteiger partial charge is 0.251 e. The molecule has 2 aromatic carbocycles. The fourth-order valence-electron chi connectivity index (χ4n) is 1.84. The molecule has 106 valence electrons. The summed E-state index contributed by atoms with van der Waals surface area (Å²) in [5.74, 6) is -0.608. The summed E-state index contributed by atoms with van der Waals surface area (Å²) in [6.45, 7) is 0.427. The van der Waals surface area contributed by atoms with Crippen molar-refractivity contribution in [1.82, 2.24) is 5.32 Å². The number of nitrogens with one attached hydrogen (secondary N) is 2. The van der Waals surface area contributed by atoms with Gasteiger partial charge in [-0.25, -0.2) is 4.39 Å². The second-order valence-electron chi connectivity index (χ2n) is 4.44. The van der Waals surface area contributed by atoms with Crippen LogP contribution in [0.15, 0.2) is 42.5 Å². The monoisotopic (exact) mass is 283 g/mol. The number of anilines is 1. The lowest BCUT2D eigenvalue weighted by atomic mass is 10.1. The van der Waals surface area contributed by atoms with Gasteiger partial charge in [-0.15, -0.1) is 0 Å². The standard InChI is InChI=1S/C16H14FN3O/c1-19-16(21)13-5-2-11(3-6-13)10-20-15-7-4-12(9-18)8-14(15)17/h2-8,20H,10H2,1H3,(H,19,21). The fraction of sp³-hybridized carbons (Fsp3) is 0.125. The summed E-state index contributed by atoms with van der Waals surface area (Å²) in [5, 5.41) is 14.2. The number of amides is 1. The van der Waals surface area contributed by atoms with Crippen LogP contribution >= 0.6 is 0 Å². The number of carbonyl (C=O) groups is 1. The van der Waals surface area contributed by atoms with Crippen molar-refractivity contribution < 1.29 is 9.18 Å². The molecule has 0 aliphatic carbocycles. The Kier molecular flexibility index (Phi) is 4.52. The highest BCUT2D eigenvalue weighted by atomic mass is 19.1. The van der Waals surface area contributed by atoms with E-state index in [0.29, 0.717) is 17.8 Å². The molecule has 0 radical (unpaired) electrons. The highest BCUT2D eigenvalue weighted by molar-refractivity contribution is 5.93. The number of benzene rings is 2. The number of hydrogen-bond acceptors (Lipinski definition) is 3. The van der Waals surface area contributed by atoms with Crippen LogP contribution in [0, 0.1) is 17.1 Å². The van der Waals surface area contributed by atoms with E-state index in [2.05, 4.69) is 10.6 Å². The number of halogens is 1. The average molecular weight is 283 g/mol. The molecule has 0 saturated carbocycles. The summed E-state index contributed by atoms with van der Waals surface area (Å²) >= 11 is 0. The van der Waals surface area contributed by atoms with Gasteiger partial charge in [-0.1, -0.05) is 12.1 Å². The Morgan fingerprint density at radius 3 is 2.52 bits per heavy atom. The molecule has 2 rings (SSSR count). The Balaban J connectivity index is 2.03. The van der Waals surface area contributed by atoms with Gasteiger partial charge in [0.2, 0.25) is 0 Å². The first-order valence-electron chi connectivity index (χ1n) is 6.38. The van der Waals surface area contributed by atoms with Crippen LogP contribution < -0.4 is 10.6 Å². The molecule has 2 aromatic rings. The lowest BCUT2D eigenvalue weighted by Gasteiger charge is -2.08. The lowest BCUT2D eigenvalue weighted by molar-refractivity contribution is 0.0963. The average Bonchev–Trinajstić information content (AvgIpc) is 2.53. The van der Waals surface area contributed by atoms with Gasteiger partial charge in [-0.3, -0.25) is 4.79 Å². The minimum Gasteiger partial charge on any atom is -0.379 e. The van der Waals surface area contributed by atoms with Gasteiger partial charge in [-0.2, -0.15) is 5.26 Å². The summed E-state index contributed by atoms with van der Waals surface area (Å²) in [6.07, 6.45) is 0. The van der Waals surface area contributed by atoms with Gasteiger partial charge in [0.05, 0.1) is 17.3 Å². The molecule has 4 nitrogen and oxygen atoms in total. The summed E-state index contributed by atoms with van der Waals surface area (Å²) in [5.41, 5.74) is 2.12. The van der Waals surface area contributed by atoms with Crippen LogP contribution in [-0.4, -0.2) is 13.0 Å². The van der Waals surface area contributed by atoms with E-state index in [-0.39, 0.29) is 11.5 Å². The van der Waals surface area contributed by atoms with Gasteiger partial charge in [-0.05, 0) is 35.9 Å². The molecule has 0 unspecified atom stereocenters. The van der Waals surface area contributed by atoms with E-state index >= 15 is 0 Å². The summed E-state index contributed by atoms with van der Waals surface area (Å²) in [7, 11) is 1.57. The van der Waals surface area contributed by atoms with E-state index in [0.717, 1.165) is 5.56 Å². The molecule has 0 aliphatic rings. The lowest BCUT2D eigenvalue weighted by Crippen LogP contribution is -2.17. The number of nitrogens with zero attached hydrogens (tertiary/aromatic N) is 1. The number of hydrogen-bond donors (Lipinski definition) is 2. The molecule has 1 amide bonds. The van der Waals surface area contributed by atoms with Crippen molar-refractivity contribution in [3.8, 4) is 6.07 Å². The first-order chi connectivity index (χ1) is 10.1. The van der Waals surface area contributed by atoms with Crippen LogP contribution in [0.3, 0.4) is 0 Å². The second-order valence-corrected chi connectivity index (χ2v) is 4.44. The van der Waals surface area contributed by atoms with Crippen molar-refractivity contribution in [2.75, 3.05) is 12.4 Å². The van der Waals surface area contributed by atoms with E-state index in [1.54, 1.807) is 37.4 Å². The number of rotatable bonds is 4. The Bertz CT molecular complexity index is 690. The van der Waals surface area contributed by atoms with Crippen LogP contribution in [0.1, 0.15) is 21.5 Å². The molecule has 0 fully saturated rings. The Morgan fingerprint density at radius 1 is 1.24 bits per heavy atom. The number of nitriles is 1. The zero-order valence-electron chi connectivity index (χ0n) is 11.5. The molecule has 0 bridgehead atoms. The van der Waals surface area contributed by atoms with Gasteiger partial charge in [0, 0.05) is 19.2 Å². The van der Waals surface area contributed by atoms with Gasteiger partial charge >= 0.3 is 0 Å². The molecule has 0 heterocycles. The fourth-order valence-corrected chi connectivity index (χ4v) is 1.84. The third kappa shape index (κ3) is 3.57. The van der Waals surface area contributed by atoms with Crippen LogP contribution in [0.4, 0.5) is 10.1 Å². The maximum Gasteiger partial charge on any atom is 0.251 e. The van der Waals surface area contributed by atoms with Gasteiger partial charge in [0.1, 0.15) is 5.82 Å².